The van der Waals surface area contributed by atoms with Gasteiger partial charge in [0.05, 0.1) is 19.2 Å². The summed E-state index contributed by atoms with van der Waals surface area (Å²) in [5.74, 6) is -0.803. The Hall–Kier alpha value is -2.42. The van der Waals surface area contributed by atoms with Crippen LogP contribution in [0.5, 0.6) is 0 Å². The zero-order valence-electron chi connectivity index (χ0n) is 11.1. The van der Waals surface area contributed by atoms with Gasteiger partial charge in [-0.3, -0.25) is 0 Å². The first-order chi connectivity index (χ1) is 9.95. The Morgan fingerprint density at radius 3 is 2.67 bits per heavy atom. The summed E-state index contributed by atoms with van der Waals surface area (Å²) in [5.41, 5.74) is -0.148. The van der Waals surface area contributed by atoms with E-state index in [1.54, 1.807) is 0 Å². The van der Waals surface area contributed by atoms with Crippen LogP contribution in [0.15, 0.2) is 34.3 Å². The van der Waals surface area contributed by atoms with Gasteiger partial charge in [0.1, 0.15) is 4.90 Å². The van der Waals surface area contributed by atoms with E-state index >= 15 is 0 Å². The molecular weight excluding hydrogens is 298 g/mol. The number of nitrogens with one attached hydrogen (secondary N) is 1. The smallest absolute Gasteiger partial charge is 0.351 e. The van der Waals surface area contributed by atoms with E-state index in [1.165, 1.54) is 30.5 Å². The van der Waals surface area contributed by atoms with Gasteiger partial charge in [-0.15, -0.1) is 0 Å². The Balaban J connectivity index is 2.29. The van der Waals surface area contributed by atoms with E-state index in [2.05, 4.69) is 9.84 Å². The lowest BCUT2D eigenvalue weighted by molar-refractivity contribution is 0.0596. The molecule has 0 aliphatic carbocycles. The number of benzene rings is 1. The van der Waals surface area contributed by atoms with Crippen LogP contribution in [0, 0.1) is 0 Å². The van der Waals surface area contributed by atoms with E-state index in [1.807, 2.05) is 4.72 Å². The number of hydrogen-bond acceptors (Lipinski definition) is 6. The molecule has 1 aliphatic rings. The van der Waals surface area contributed by atoms with Crippen LogP contribution >= 0.6 is 0 Å². The van der Waals surface area contributed by atoms with Gasteiger partial charge >= 0.3 is 12.0 Å². The van der Waals surface area contributed by atoms with Crippen LogP contribution in [0.4, 0.5) is 4.79 Å². The fourth-order valence-electron chi connectivity index (χ4n) is 1.75. The predicted molar refractivity (Wildman–Crippen MR) is 73.3 cm³/mol. The molecule has 9 heteroatoms. The van der Waals surface area contributed by atoms with Crippen LogP contribution in [0.2, 0.25) is 0 Å². The van der Waals surface area contributed by atoms with E-state index in [-0.39, 0.29) is 10.5 Å². The fourth-order valence-corrected chi connectivity index (χ4v) is 2.89. The molecule has 112 valence electrons. The molecule has 0 radical (unpaired) electrons. The van der Waals surface area contributed by atoms with Crippen LogP contribution in [-0.2, 0) is 14.8 Å². The second-order valence-corrected chi connectivity index (χ2v) is 5.76. The van der Waals surface area contributed by atoms with Crippen LogP contribution in [0.1, 0.15) is 16.8 Å². The van der Waals surface area contributed by atoms with Crippen molar-refractivity contribution in [2.45, 2.75) is 11.3 Å². The van der Waals surface area contributed by atoms with E-state index in [0.717, 1.165) is 12.1 Å². The molecule has 2 rings (SSSR count). The van der Waals surface area contributed by atoms with Crippen LogP contribution in [-0.4, -0.2) is 45.3 Å². The molecule has 0 atom stereocenters. The molecule has 1 aromatic rings. The maximum atomic E-state index is 12.2. The highest BCUT2D eigenvalue weighted by Gasteiger charge is 2.27. The van der Waals surface area contributed by atoms with Crippen LogP contribution in [0.25, 0.3) is 0 Å². The van der Waals surface area contributed by atoms with E-state index in [4.69, 9.17) is 0 Å². The number of nitrogens with zero attached hydrogens (tertiary/aromatic N) is 2. The molecule has 0 aromatic heterocycles. The average molecular weight is 311 g/mol. The molecule has 2 amide bonds. The first-order valence-corrected chi connectivity index (χ1v) is 7.48. The summed E-state index contributed by atoms with van der Waals surface area (Å²) in [6.07, 6.45) is 2.07. The zero-order valence-corrected chi connectivity index (χ0v) is 12.0. The number of ether oxygens (including phenoxy) is 1. The Morgan fingerprint density at radius 1 is 1.33 bits per heavy atom. The van der Waals surface area contributed by atoms with E-state index < -0.39 is 22.0 Å². The van der Waals surface area contributed by atoms with Gasteiger partial charge in [0.2, 0.25) is 0 Å². The molecule has 1 aliphatic heterocycles. The Kier molecular flexibility index (Phi) is 4.22. The highest BCUT2D eigenvalue weighted by atomic mass is 32.2. The molecule has 0 fully saturated rings. The molecular formula is C12H13N3O5S. The minimum Gasteiger partial charge on any atom is -0.465 e. The molecule has 1 heterocycles. The zero-order chi connectivity index (χ0) is 15.5. The standard InChI is InChI=1S/C12H13N3O5S/c1-20-11(16)9-5-2-3-6-10(9)21(18,19)14-12(17)15-8-4-7-13-15/h2-3,5-7H,4,8H2,1H3,(H,14,17). The quantitative estimate of drug-likeness (QED) is 0.821. The topological polar surface area (TPSA) is 105 Å². The van der Waals surface area contributed by atoms with Crippen molar-refractivity contribution in [2.24, 2.45) is 5.10 Å². The Bertz CT molecular complexity index is 699. The first-order valence-electron chi connectivity index (χ1n) is 6.00. The summed E-state index contributed by atoms with van der Waals surface area (Å²) in [7, 11) is -3.06. The maximum Gasteiger partial charge on any atom is 0.351 e. The monoisotopic (exact) mass is 311 g/mol. The molecule has 1 aromatic carbocycles. The second-order valence-electron chi connectivity index (χ2n) is 4.11. The SMILES string of the molecule is COC(=O)c1ccccc1S(=O)(=O)NC(=O)N1CCC=N1. The van der Waals surface area contributed by atoms with Crippen LogP contribution < -0.4 is 4.72 Å². The van der Waals surface area contributed by atoms with Gasteiger partial charge in [0.15, 0.2) is 0 Å². The van der Waals surface area contributed by atoms with Gasteiger partial charge in [-0.2, -0.15) is 5.10 Å². The van der Waals surface area contributed by atoms with E-state index in [9.17, 15) is 18.0 Å². The Labute approximate surface area is 121 Å². The van der Waals surface area contributed by atoms with Crippen molar-refractivity contribution in [2.75, 3.05) is 13.7 Å². The first kappa shape index (κ1) is 15.0. The highest BCUT2D eigenvalue weighted by Crippen LogP contribution is 2.16. The average Bonchev–Trinajstić information content (AvgIpc) is 3.00. The third-order valence-electron chi connectivity index (χ3n) is 2.73. The number of sulfonamides is 1. The van der Waals surface area contributed by atoms with E-state index in [0.29, 0.717) is 13.0 Å². The summed E-state index contributed by atoms with van der Waals surface area (Å²) < 4.78 is 30.8. The summed E-state index contributed by atoms with van der Waals surface area (Å²) >= 11 is 0. The van der Waals surface area contributed by atoms with Gasteiger partial charge in [-0.1, -0.05) is 12.1 Å². The number of carbonyl (C=O) groups excluding carboxylic acids is 2. The number of hydrogen-bond donors (Lipinski definition) is 1. The van der Waals surface area contributed by atoms with Crippen molar-refractivity contribution in [3.8, 4) is 0 Å². The van der Waals surface area contributed by atoms with Crippen molar-refractivity contribution < 1.29 is 22.7 Å². The molecule has 0 bridgehead atoms. The van der Waals surface area contributed by atoms with Gasteiger partial charge in [0.25, 0.3) is 10.0 Å². The molecule has 21 heavy (non-hydrogen) atoms. The maximum absolute atomic E-state index is 12.2. The number of amides is 2. The lowest BCUT2D eigenvalue weighted by atomic mass is 10.2. The lowest BCUT2D eigenvalue weighted by Crippen LogP contribution is -2.39. The molecule has 1 N–H and O–H groups in total. The number of methoxy groups -OCH3 is 1. The molecule has 0 unspecified atom stereocenters. The predicted octanol–water partition coefficient (Wildman–Crippen LogP) is 0.563. The molecule has 0 spiro atoms. The Morgan fingerprint density at radius 2 is 2.05 bits per heavy atom. The van der Waals surface area contributed by atoms with Crippen LogP contribution in [0.3, 0.4) is 0 Å². The molecule has 0 saturated carbocycles. The lowest BCUT2D eigenvalue weighted by Gasteiger charge is -2.14. The van der Waals surface area contributed by atoms with Gasteiger partial charge < -0.3 is 4.74 Å². The van der Waals surface area contributed by atoms with Crippen molar-refractivity contribution >= 4 is 28.2 Å². The van der Waals surface area contributed by atoms with Crippen molar-refractivity contribution in [1.82, 2.24) is 9.73 Å². The summed E-state index contributed by atoms with van der Waals surface area (Å²) in [4.78, 5) is 23.1. The number of esters is 1. The van der Waals surface area contributed by atoms with Crippen molar-refractivity contribution in [3.05, 3.63) is 29.8 Å². The van der Waals surface area contributed by atoms with Gasteiger partial charge in [-0.25, -0.2) is 27.7 Å². The third kappa shape index (κ3) is 3.19. The summed E-state index contributed by atoms with van der Waals surface area (Å²) in [5, 5.41) is 4.73. The van der Waals surface area contributed by atoms with Crippen molar-refractivity contribution in [1.29, 1.82) is 0 Å². The fraction of sp³-hybridized carbons (Fsp3) is 0.250. The molecule has 8 nitrogen and oxygen atoms in total. The second kappa shape index (κ2) is 5.92. The largest absolute Gasteiger partial charge is 0.465 e. The van der Waals surface area contributed by atoms with Gasteiger partial charge in [-0.05, 0) is 12.1 Å². The normalized spacial score (nSPS) is 14.0. The number of urea groups is 1. The summed E-state index contributed by atoms with van der Waals surface area (Å²) in [6.45, 7) is 0.306. The number of carbonyl (C=O) groups is 2. The highest BCUT2D eigenvalue weighted by molar-refractivity contribution is 7.90. The number of hydrazone groups is 1. The third-order valence-corrected chi connectivity index (χ3v) is 4.11. The molecule has 0 saturated heterocycles. The minimum absolute atomic E-state index is 0.148. The number of rotatable bonds is 3. The summed E-state index contributed by atoms with van der Waals surface area (Å²) in [6, 6.07) is 4.59. The van der Waals surface area contributed by atoms with Crippen molar-refractivity contribution in [3.63, 3.8) is 0 Å². The minimum atomic E-state index is -4.20. The van der Waals surface area contributed by atoms with Gasteiger partial charge in [0, 0.05) is 12.6 Å².